The lowest BCUT2D eigenvalue weighted by atomic mass is 10.0. The van der Waals surface area contributed by atoms with E-state index in [-0.39, 0.29) is 18.6 Å². The molecule has 19 heavy (non-hydrogen) atoms. The van der Waals surface area contributed by atoms with Gasteiger partial charge in [-0.1, -0.05) is 0 Å². The van der Waals surface area contributed by atoms with Crippen LogP contribution in [-0.2, 0) is 0 Å². The second-order valence-corrected chi connectivity index (χ2v) is 5.27. The monoisotopic (exact) mass is 262 g/mol. The van der Waals surface area contributed by atoms with Crippen molar-refractivity contribution in [1.29, 1.82) is 0 Å². The molecule has 0 aliphatic carbocycles. The summed E-state index contributed by atoms with van der Waals surface area (Å²) in [4.78, 5) is 16.3. The van der Waals surface area contributed by atoms with Crippen LogP contribution in [0.25, 0.3) is 0 Å². The molecule has 1 fully saturated rings. The third kappa shape index (κ3) is 3.07. The fourth-order valence-corrected chi connectivity index (χ4v) is 2.53. The standard InChI is InChI=1S/C15H22N2O2/c1-16(2)13-8-6-12(7-9-13)15(19)17-10-4-3-5-14(17)11-18/h6-9,14,18H,3-5,10-11H2,1-2H3. The molecule has 1 saturated heterocycles. The molecule has 1 heterocycles. The van der Waals surface area contributed by atoms with E-state index in [0.717, 1.165) is 31.5 Å². The topological polar surface area (TPSA) is 43.8 Å². The van der Waals surface area contributed by atoms with Gasteiger partial charge >= 0.3 is 0 Å². The lowest BCUT2D eigenvalue weighted by molar-refractivity contribution is 0.0503. The second kappa shape index (κ2) is 6.06. The SMILES string of the molecule is CN(C)c1ccc(C(=O)N2CCCCC2CO)cc1. The van der Waals surface area contributed by atoms with Crippen molar-refractivity contribution in [3.8, 4) is 0 Å². The highest BCUT2D eigenvalue weighted by Crippen LogP contribution is 2.20. The summed E-state index contributed by atoms with van der Waals surface area (Å²) < 4.78 is 0. The number of hydrogen-bond donors (Lipinski definition) is 1. The number of anilines is 1. The molecular weight excluding hydrogens is 240 g/mol. The number of hydrogen-bond acceptors (Lipinski definition) is 3. The maximum atomic E-state index is 12.5. The van der Waals surface area contributed by atoms with Gasteiger partial charge in [-0.25, -0.2) is 0 Å². The Hall–Kier alpha value is -1.55. The van der Waals surface area contributed by atoms with Gasteiger partial charge in [-0.05, 0) is 43.5 Å². The number of carbonyl (C=O) groups is 1. The average molecular weight is 262 g/mol. The van der Waals surface area contributed by atoms with Crippen molar-refractivity contribution in [2.75, 3.05) is 32.1 Å². The number of rotatable bonds is 3. The van der Waals surface area contributed by atoms with Crippen LogP contribution in [0, 0.1) is 0 Å². The highest BCUT2D eigenvalue weighted by Gasteiger charge is 2.26. The fourth-order valence-electron chi connectivity index (χ4n) is 2.53. The molecule has 0 spiro atoms. The first-order chi connectivity index (χ1) is 9.13. The van der Waals surface area contributed by atoms with E-state index < -0.39 is 0 Å². The molecule has 1 aliphatic heterocycles. The third-order valence-corrected chi connectivity index (χ3v) is 3.73. The maximum absolute atomic E-state index is 12.5. The highest BCUT2D eigenvalue weighted by atomic mass is 16.3. The summed E-state index contributed by atoms with van der Waals surface area (Å²) in [6.45, 7) is 0.807. The summed E-state index contributed by atoms with van der Waals surface area (Å²) in [5.74, 6) is 0.0315. The van der Waals surface area contributed by atoms with E-state index in [1.807, 2.05) is 48.2 Å². The van der Waals surface area contributed by atoms with Gasteiger partial charge in [-0.2, -0.15) is 0 Å². The van der Waals surface area contributed by atoms with Crippen LogP contribution in [0.4, 0.5) is 5.69 Å². The minimum Gasteiger partial charge on any atom is -0.394 e. The Kier molecular flexibility index (Phi) is 4.43. The quantitative estimate of drug-likeness (QED) is 0.902. The van der Waals surface area contributed by atoms with Gasteiger partial charge in [0.05, 0.1) is 12.6 Å². The normalized spacial score (nSPS) is 19.3. The zero-order chi connectivity index (χ0) is 13.8. The molecule has 0 saturated carbocycles. The Balaban J connectivity index is 2.13. The number of aliphatic hydroxyl groups excluding tert-OH is 1. The minimum absolute atomic E-state index is 0.0187. The Morgan fingerprint density at radius 2 is 2.00 bits per heavy atom. The molecule has 104 valence electrons. The molecule has 4 nitrogen and oxygen atoms in total. The van der Waals surface area contributed by atoms with Gasteiger partial charge in [-0.15, -0.1) is 0 Å². The van der Waals surface area contributed by atoms with Gasteiger partial charge in [-0.3, -0.25) is 4.79 Å². The van der Waals surface area contributed by atoms with Crippen molar-refractivity contribution in [1.82, 2.24) is 4.90 Å². The van der Waals surface area contributed by atoms with Gasteiger partial charge in [0.1, 0.15) is 0 Å². The third-order valence-electron chi connectivity index (χ3n) is 3.73. The predicted molar refractivity (Wildman–Crippen MR) is 76.5 cm³/mol. The number of piperidine rings is 1. The Morgan fingerprint density at radius 3 is 2.58 bits per heavy atom. The first kappa shape index (κ1) is 13.9. The van der Waals surface area contributed by atoms with Crippen LogP contribution in [0.15, 0.2) is 24.3 Å². The van der Waals surface area contributed by atoms with Crippen LogP contribution in [0.2, 0.25) is 0 Å². The van der Waals surface area contributed by atoms with Crippen molar-refractivity contribution in [2.24, 2.45) is 0 Å². The van der Waals surface area contributed by atoms with E-state index in [0.29, 0.717) is 5.56 Å². The summed E-state index contributed by atoms with van der Waals surface area (Å²) in [7, 11) is 3.95. The maximum Gasteiger partial charge on any atom is 0.254 e. The molecule has 1 aliphatic rings. The van der Waals surface area contributed by atoms with Crippen molar-refractivity contribution in [2.45, 2.75) is 25.3 Å². The largest absolute Gasteiger partial charge is 0.394 e. The van der Waals surface area contributed by atoms with E-state index >= 15 is 0 Å². The molecule has 1 amide bonds. The molecular formula is C15H22N2O2. The molecule has 1 atom stereocenters. The van der Waals surface area contributed by atoms with E-state index in [9.17, 15) is 9.90 Å². The summed E-state index contributed by atoms with van der Waals surface area (Å²) in [5.41, 5.74) is 1.78. The first-order valence-corrected chi connectivity index (χ1v) is 6.82. The van der Waals surface area contributed by atoms with Crippen molar-refractivity contribution < 1.29 is 9.90 Å². The molecule has 2 rings (SSSR count). The number of nitrogens with zero attached hydrogens (tertiary/aromatic N) is 2. The van der Waals surface area contributed by atoms with Crippen molar-refractivity contribution in [3.05, 3.63) is 29.8 Å². The van der Waals surface area contributed by atoms with Gasteiger partial charge in [0.15, 0.2) is 0 Å². The number of aliphatic hydroxyl groups is 1. The van der Waals surface area contributed by atoms with Crippen LogP contribution in [0.1, 0.15) is 29.6 Å². The van der Waals surface area contributed by atoms with Crippen LogP contribution < -0.4 is 4.90 Å². The summed E-state index contributed by atoms with van der Waals surface area (Å²) in [6.07, 6.45) is 3.02. The molecule has 1 aromatic rings. The van der Waals surface area contributed by atoms with E-state index in [4.69, 9.17) is 0 Å². The van der Waals surface area contributed by atoms with Gasteiger partial charge in [0.2, 0.25) is 0 Å². The number of benzene rings is 1. The zero-order valence-corrected chi connectivity index (χ0v) is 11.7. The summed E-state index contributed by atoms with van der Waals surface area (Å²) >= 11 is 0. The Morgan fingerprint density at radius 1 is 1.32 bits per heavy atom. The molecule has 0 radical (unpaired) electrons. The van der Waals surface area contributed by atoms with E-state index in [2.05, 4.69) is 0 Å². The summed E-state index contributed by atoms with van der Waals surface area (Å²) in [6, 6.07) is 7.60. The first-order valence-electron chi connectivity index (χ1n) is 6.82. The summed E-state index contributed by atoms with van der Waals surface area (Å²) in [5, 5.41) is 9.37. The van der Waals surface area contributed by atoms with Gasteiger partial charge in [0.25, 0.3) is 5.91 Å². The fraction of sp³-hybridized carbons (Fsp3) is 0.533. The molecule has 0 bridgehead atoms. The lowest BCUT2D eigenvalue weighted by Gasteiger charge is -2.34. The van der Waals surface area contributed by atoms with Gasteiger partial charge < -0.3 is 14.9 Å². The van der Waals surface area contributed by atoms with E-state index in [1.165, 1.54) is 0 Å². The zero-order valence-electron chi connectivity index (χ0n) is 11.7. The van der Waals surface area contributed by atoms with Crippen molar-refractivity contribution in [3.63, 3.8) is 0 Å². The van der Waals surface area contributed by atoms with Crippen LogP contribution in [0.3, 0.4) is 0 Å². The van der Waals surface area contributed by atoms with Crippen LogP contribution >= 0.6 is 0 Å². The van der Waals surface area contributed by atoms with Crippen molar-refractivity contribution >= 4 is 11.6 Å². The molecule has 0 aromatic heterocycles. The lowest BCUT2D eigenvalue weighted by Crippen LogP contribution is -2.45. The van der Waals surface area contributed by atoms with E-state index in [1.54, 1.807) is 0 Å². The molecule has 1 aromatic carbocycles. The number of amides is 1. The average Bonchev–Trinajstić information content (AvgIpc) is 2.46. The highest BCUT2D eigenvalue weighted by molar-refractivity contribution is 5.94. The minimum atomic E-state index is -0.0187. The number of likely N-dealkylation sites (tertiary alicyclic amines) is 1. The Labute approximate surface area is 114 Å². The van der Waals surface area contributed by atoms with Gasteiger partial charge in [0, 0.05) is 31.9 Å². The molecule has 1 unspecified atom stereocenters. The second-order valence-electron chi connectivity index (χ2n) is 5.27. The predicted octanol–water partition coefficient (Wildman–Crippen LogP) is 1.74. The molecule has 1 N–H and O–H groups in total. The van der Waals surface area contributed by atoms with Crippen LogP contribution in [0.5, 0.6) is 0 Å². The Bertz CT molecular complexity index is 428. The smallest absolute Gasteiger partial charge is 0.254 e. The molecule has 4 heteroatoms. The van der Waals surface area contributed by atoms with Crippen LogP contribution in [-0.4, -0.2) is 49.2 Å². The number of carbonyl (C=O) groups excluding carboxylic acids is 1.